The van der Waals surface area contributed by atoms with E-state index in [1.54, 1.807) is 0 Å². The summed E-state index contributed by atoms with van der Waals surface area (Å²) in [6.07, 6.45) is 0. The van der Waals surface area contributed by atoms with Crippen molar-refractivity contribution >= 4 is 58.3 Å². The van der Waals surface area contributed by atoms with Crippen molar-refractivity contribution in [2.24, 2.45) is 0 Å². The first-order chi connectivity index (χ1) is 10.7. The highest BCUT2D eigenvalue weighted by molar-refractivity contribution is 6.45. The number of nitrogens with two attached hydrogens (primary N) is 1. The summed E-state index contributed by atoms with van der Waals surface area (Å²) in [5, 5.41) is 2.07. The lowest BCUT2D eigenvalue weighted by Crippen LogP contribution is -2.39. The lowest BCUT2D eigenvalue weighted by Gasteiger charge is -2.15. The van der Waals surface area contributed by atoms with Gasteiger partial charge in [0, 0.05) is 14.1 Å². The predicted molar refractivity (Wildman–Crippen MR) is 84.4 cm³/mol. The van der Waals surface area contributed by atoms with Crippen molar-refractivity contribution in [2.45, 2.75) is 0 Å². The molecule has 126 valence electrons. The largest absolute Gasteiger partial charge is 0.448 e. The number of nitrogen functional groups attached to an aromatic ring is 1. The van der Waals surface area contributed by atoms with Crippen molar-refractivity contribution in [3.05, 3.63) is 20.9 Å². The van der Waals surface area contributed by atoms with E-state index in [1.807, 2.05) is 0 Å². The fraction of sp³-hybridized carbons (Fsp3) is 0.333. The molecule has 0 aromatic carbocycles. The van der Waals surface area contributed by atoms with E-state index >= 15 is 0 Å². The number of halogens is 3. The number of aromatic nitrogens is 1. The standard InChI is InChI=1S/C12H13Cl3N4O4/c1-17-5(20)3-19(2)6(21)4-23-12(22)10-7(13)9(16)8(14)11(15)18-10/h3-4H2,1-2H3,(H2,16,18)(H,17,20)/p+1. The average Bonchev–Trinajstić information content (AvgIpc) is 2.53. The summed E-state index contributed by atoms with van der Waals surface area (Å²) in [4.78, 5) is 38.4. The summed E-state index contributed by atoms with van der Waals surface area (Å²) < 4.78 is 4.82. The zero-order chi connectivity index (χ0) is 17.7. The molecule has 4 N–H and O–H groups in total. The van der Waals surface area contributed by atoms with E-state index < -0.39 is 18.5 Å². The molecule has 1 rings (SSSR count). The number of pyridine rings is 1. The van der Waals surface area contributed by atoms with Gasteiger partial charge in [0.2, 0.25) is 5.91 Å². The van der Waals surface area contributed by atoms with E-state index in [0.29, 0.717) is 0 Å². The quantitative estimate of drug-likeness (QED) is 0.563. The van der Waals surface area contributed by atoms with E-state index in [0.717, 1.165) is 4.90 Å². The molecule has 0 aliphatic heterocycles. The number of H-pyrrole nitrogens is 1. The van der Waals surface area contributed by atoms with Gasteiger partial charge in [-0.05, 0) is 11.6 Å². The number of carbonyl (C=O) groups is 3. The van der Waals surface area contributed by atoms with Gasteiger partial charge in [-0.2, -0.15) is 4.98 Å². The molecule has 0 spiro atoms. The second-order valence-corrected chi connectivity index (χ2v) is 5.49. The Balaban J connectivity index is 2.75. The van der Waals surface area contributed by atoms with Crippen LogP contribution in [0, 0.1) is 0 Å². The molecule has 0 aliphatic rings. The molecular formula is C12H14Cl3N4O4+. The first-order valence-electron chi connectivity index (χ1n) is 6.15. The molecule has 0 aliphatic carbocycles. The number of anilines is 1. The number of likely N-dealkylation sites (N-methyl/N-ethyl adjacent to an activating group) is 2. The van der Waals surface area contributed by atoms with Crippen molar-refractivity contribution in [1.82, 2.24) is 10.2 Å². The van der Waals surface area contributed by atoms with Crippen LogP contribution in [0.3, 0.4) is 0 Å². The molecule has 1 aromatic rings. The summed E-state index contributed by atoms with van der Waals surface area (Å²) in [6, 6.07) is 0. The number of ether oxygens (including phenoxy) is 1. The Morgan fingerprint density at radius 3 is 2.43 bits per heavy atom. The fourth-order valence-corrected chi connectivity index (χ4v) is 2.01. The second-order valence-electron chi connectivity index (χ2n) is 4.35. The molecule has 8 nitrogen and oxygen atoms in total. The highest BCUT2D eigenvalue weighted by atomic mass is 35.5. The number of carbonyl (C=O) groups excluding carboxylic acids is 3. The van der Waals surface area contributed by atoms with Crippen LogP contribution < -0.4 is 16.0 Å². The van der Waals surface area contributed by atoms with Gasteiger partial charge in [0.1, 0.15) is 10.0 Å². The maximum Gasteiger partial charge on any atom is 0.405 e. The van der Waals surface area contributed by atoms with Crippen molar-refractivity contribution in [2.75, 3.05) is 33.0 Å². The van der Waals surface area contributed by atoms with Gasteiger partial charge in [0.05, 0.1) is 12.2 Å². The smallest absolute Gasteiger partial charge is 0.405 e. The topological polar surface area (TPSA) is 116 Å². The summed E-state index contributed by atoms with van der Waals surface area (Å²) >= 11 is 17.4. The monoisotopic (exact) mass is 383 g/mol. The lowest BCUT2D eigenvalue weighted by atomic mass is 10.3. The van der Waals surface area contributed by atoms with Crippen LogP contribution in [0.15, 0.2) is 0 Å². The summed E-state index contributed by atoms with van der Waals surface area (Å²) in [7, 11) is 2.83. The second kappa shape index (κ2) is 8.19. The summed E-state index contributed by atoms with van der Waals surface area (Å²) in [6.45, 7) is -0.754. The van der Waals surface area contributed by atoms with Crippen LogP contribution in [0.4, 0.5) is 5.69 Å². The minimum atomic E-state index is -0.943. The summed E-state index contributed by atoms with van der Waals surface area (Å²) in [5.74, 6) is -1.88. The van der Waals surface area contributed by atoms with E-state index in [4.69, 9.17) is 45.3 Å². The Labute approximate surface area is 146 Å². The number of rotatable bonds is 5. The predicted octanol–water partition coefficient (Wildman–Crippen LogP) is 0.404. The third-order valence-electron chi connectivity index (χ3n) is 2.74. The molecule has 0 atom stereocenters. The maximum atomic E-state index is 11.9. The number of amides is 2. The van der Waals surface area contributed by atoms with Crippen molar-refractivity contribution < 1.29 is 24.1 Å². The molecule has 0 saturated heterocycles. The normalized spacial score (nSPS) is 10.1. The molecule has 0 bridgehead atoms. The van der Waals surface area contributed by atoms with Crippen molar-refractivity contribution in [3.8, 4) is 0 Å². The number of hydrogen-bond donors (Lipinski definition) is 2. The van der Waals surface area contributed by atoms with Crippen LogP contribution in [-0.2, 0) is 14.3 Å². The molecule has 1 aromatic heterocycles. The van der Waals surface area contributed by atoms with Gasteiger partial charge in [-0.25, -0.2) is 4.79 Å². The van der Waals surface area contributed by atoms with Crippen LogP contribution in [0.25, 0.3) is 0 Å². The Hall–Kier alpha value is -1.77. The zero-order valence-corrected chi connectivity index (χ0v) is 14.5. The van der Waals surface area contributed by atoms with Gasteiger partial charge in [-0.1, -0.05) is 23.2 Å². The molecule has 0 saturated carbocycles. The maximum absolute atomic E-state index is 11.9. The highest BCUT2D eigenvalue weighted by Gasteiger charge is 2.28. The minimum Gasteiger partial charge on any atom is -0.448 e. The molecule has 11 heteroatoms. The SMILES string of the molecule is CNC(=O)CN(C)C(=O)COC(=O)c1[nH+]c(Cl)c(Cl)c(N)c1Cl. The van der Waals surface area contributed by atoms with Crippen LogP contribution in [0.2, 0.25) is 15.2 Å². The van der Waals surface area contributed by atoms with Gasteiger partial charge in [0.25, 0.3) is 11.1 Å². The number of nitrogens with one attached hydrogen (secondary N) is 2. The van der Waals surface area contributed by atoms with Crippen molar-refractivity contribution in [1.29, 1.82) is 0 Å². The first kappa shape index (κ1) is 19.3. The fourth-order valence-electron chi connectivity index (χ4n) is 1.40. The molecule has 2 amide bonds. The third kappa shape index (κ3) is 4.85. The Kier molecular flexibility index (Phi) is 6.86. The molecule has 0 radical (unpaired) electrons. The van der Waals surface area contributed by atoms with Crippen molar-refractivity contribution in [3.63, 3.8) is 0 Å². The van der Waals surface area contributed by atoms with E-state index in [2.05, 4.69) is 10.3 Å². The highest BCUT2D eigenvalue weighted by Crippen LogP contribution is 2.32. The Morgan fingerprint density at radius 2 is 1.87 bits per heavy atom. The van der Waals surface area contributed by atoms with Gasteiger partial charge in [-0.15, -0.1) is 0 Å². The van der Waals surface area contributed by atoms with Crippen LogP contribution in [0.5, 0.6) is 0 Å². The van der Waals surface area contributed by atoms with Crippen LogP contribution >= 0.6 is 34.8 Å². The number of nitrogens with zero attached hydrogens (tertiary/aromatic N) is 1. The van der Waals surface area contributed by atoms with Gasteiger partial charge < -0.3 is 20.7 Å². The van der Waals surface area contributed by atoms with Crippen LogP contribution in [-0.4, -0.2) is 49.9 Å². The molecule has 0 fully saturated rings. The number of aromatic amines is 1. The van der Waals surface area contributed by atoms with E-state index in [9.17, 15) is 14.4 Å². The lowest BCUT2D eigenvalue weighted by molar-refractivity contribution is -0.380. The van der Waals surface area contributed by atoms with E-state index in [-0.39, 0.29) is 39.0 Å². The van der Waals surface area contributed by atoms with Gasteiger partial charge in [0.15, 0.2) is 6.61 Å². The molecule has 23 heavy (non-hydrogen) atoms. The number of hydrogen-bond acceptors (Lipinski definition) is 5. The summed E-state index contributed by atoms with van der Waals surface area (Å²) in [5.41, 5.74) is 5.27. The first-order valence-corrected chi connectivity index (χ1v) is 7.29. The van der Waals surface area contributed by atoms with Gasteiger partial charge in [-0.3, -0.25) is 9.59 Å². The zero-order valence-electron chi connectivity index (χ0n) is 12.2. The number of esters is 1. The Morgan fingerprint density at radius 1 is 1.26 bits per heavy atom. The van der Waals surface area contributed by atoms with Crippen LogP contribution in [0.1, 0.15) is 10.5 Å². The molecular weight excluding hydrogens is 371 g/mol. The molecule has 1 heterocycles. The average molecular weight is 385 g/mol. The van der Waals surface area contributed by atoms with E-state index in [1.165, 1.54) is 14.1 Å². The van der Waals surface area contributed by atoms with Gasteiger partial charge >= 0.3 is 11.7 Å². The Bertz CT molecular complexity index is 654. The third-order valence-corrected chi connectivity index (χ3v) is 3.90. The molecule has 0 unspecified atom stereocenters. The minimum absolute atomic E-state index is 0.0328.